The van der Waals surface area contributed by atoms with E-state index >= 15 is 0 Å². The van der Waals surface area contributed by atoms with E-state index in [0.29, 0.717) is 6.54 Å². The van der Waals surface area contributed by atoms with Gasteiger partial charge >= 0.3 is 6.18 Å². The first kappa shape index (κ1) is 14.4. The molecule has 0 atom stereocenters. The van der Waals surface area contributed by atoms with Crippen LogP contribution in [0.25, 0.3) is 0 Å². The summed E-state index contributed by atoms with van der Waals surface area (Å²) in [7, 11) is 0. The highest BCUT2D eigenvalue weighted by molar-refractivity contribution is 8.00. The van der Waals surface area contributed by atoms with Gasteiger partial charge in [0.2, 0.25) is 5.95 Å². The minimum absolute atomic E-state index is 0.0511. The van der Waals surface area contributed by atoms with Crippen molar-refractivity contribution in [3.63, 3.8) is 0 Å². The summed E-state index contributed by atoms with van der Waals surface area (Å²) in [6.07, 6.45) is 3.26. The number of aromatic nitrogens is 2. The van der Waals surface area contributed by atoms with E-state index in [9.17, 15) is 13.2 Å². The summed E-state index contributed by atoms with van der Waals surface area (Å²) in [6.45, 7) is 0.607. The fourth-order valence-electron chi connectivity index (χ4n) is 2.31. The normalized spacial score (nSPS) is 18.5. The van der Waals surface area contributed by atoms with Crippen LogP contribution in [0.1, 0.15) is 31.4 Å². The molecule has 0 spiro atoms. The number of thioether (sulfide) groups is 1. The maximum atomic E-state index is 12.5. The van der Waals surface area contributed by atoms with Crippen LogP contribution < -0.4 is 5.32 Å². The molecule has 1 heterocycles. The van der Waals surface area contributed by atoms with Crippen LogP contribution in [-0.4, -0.2) is 27.5 Å². The lowest BCUT2D eigenvalue weighted by atomic mass is 10.1. The number of nitrogens with zero attached hydrogens (tertiary/aromatic N) is 2. The van der Waals surface area contributed by atoms with Gasteiger partial charge in [-0.3, -0.25) is 0 Å². The molecule has 1 aromatic rings. The molecule has 1 aliphatic carbocycles. The molecular formula is C12H16F3N3S. The van der Waals surface area contributed by atoms with E-state index in [0.717, 1.165) is 25.1 Å². The van der Waals surface area contributed by atoms with Crippen LogP contribution in [0, 0.1) is 0 Å². The van der Waals surface area contributed by atoms with E-state index in [2.05, 4.69) is 15.3 Å². The van der Waals surface area contributed by atoms with Gasteiger partial charge in [0.05, 0.1) is 0 Å². The molecule has 0 radical (unpaired) electrons. The molecule has 19 heavy (non-hydrogen) atoms. The van der Waals surface area contributed by atoms with Gasteiger partial charge < -0.3 is 5.32 Å². The maximum absolute atomic E-state index is 12.5. The number of anilines is 1. The zero-order valence-corrected chi connectivity index (χ0v) is 11.4. The lowest BCUT2D eigenvalue weighted by Crippen LogP contribution is -2.30. The second kappa shape index (κ2) is 5.56. The monoisotopic (exact) mass is 291 g/mol. The Morgan fingerprint density at radius 2 is 2.05 bits per heavy atom. The third kappa shape index (κ3) is 3.52. The first-order valence-corrected chi connectivity index (χ1v) is 7.37. The van der Waals surface area contributed by atoms with Crippen LogP contribution in [0.4, 0.5) is 19.1 Å². The third-order valence-corrected chi connectivity index (χ3v) is 4.88. The predicted octanol–water partition coefficient (Wildman–Crippen LogP) is 3.58. The molecule has 1 N–H and O–H groups in total. The minimum Gasteiger partial charge on any atom is -0.353 e. The second-order valence-electron chi connectivity index (χ2n) is 4.71. The van der Waals surface area contributed by atoms with Gasteiger partial charge in [-0.15, -0.1) is 0 Å². The topological polar surface area (TPSA) is 37.8 Å². The maximum Gasteiger partial charge on any atom is 0.433 e. The molecular weight excluding hydrogens is 275 g/mol. The Morgan fingerprint density at radius 3 is 2.63 bits per heavy atom. The minimum atomic E-state index is -4.43. The first-order chi connectivity index (χ1) is 8.95. The van der Waals surface area contributed by atoms with E-state index in [-0.39, 0.29) is 10.7 Å². The summed E-state index contributed by atoms with van der Waals surface area (Å²) in [5.41, 5.74) is -0.908. The van der Waals surface area contributed by atoms with Gasteiger partial charge in [-0.25, -0.2) is 9.97 Å². The van der Waals surface area contributed by atoms with E-state index < -0.39 is 11.9 Å². The van der Waals surface area contributed by atoms with Crippen molar-refractivity contribution in [3.8, 4) is 0 Å². The number of alkyl halides is 3. The van der Waals surface area contributed by atoms with Gasteiger partial charge in [0.1, 0.15) is 5.69 Å². The Kier molecular flexibility index (Phi) is 4.23. The fourth-order valence-corrected chi connectivity index (χ4v) is 3.23. The fraction of sp³-hybridized carbons (Fsp3) is 0.667. The Morgan fingerprint density at radius 1 is 1.37 bits per heavy atom. The average Bonchev–Trinajstić information content (AvgIpc) is 2.85. The number of rotatable bonds is 4. The van der Waals surface area contributed by atoms with E-state index in [1.54, 1.807) is 11.8 Å². The first-order valence-electron chi connectivity index (χ1n) is 6.14. The highest BCUT2D eigenvalue weighted by Crippen LogP contribution is 2.40. The summed E-state index contributed by atoms with van der Waals surface area (Å²) < 4.78 is 37.7. The van der Waals surface area contributed by atoms with E-state index in [1.165, 1.54) is 12.8 Å². The molecule has 0 saturated heterocycles. The second-order valence-corrected chi connectivity index (χ2v) is 5.99. The molecule has 2 rings (SSSR count). The van der Waals surface area contributed by atoms with Crippen molar-refractivity contribution in [1.82, 2.24) is 9.97 Å². The van der Waals surface area contributed by atoms with Crippen LogP contribution in [0.5, 0.6) is 0 Å². The van der Waals surface area contributed by atoms with Crippen molar-refractivity contribution < 1.29 is 13.2 Å². The Labute approximate surface area is 114 Å². The summed E-state index contributed by atoms with van der Waals surface area (Å²) in [6, 6.07) is 0.880. The SMILES string of the molecule is CSC1(CNc2nccc(C(F)(F)F)n2)CCCC1. The summed E-state index contributed by atoms with van der Waals surface area (Å²) >= 11 is 1.77. The molecule has 1 aromatic heterocycles. The van der Waals surface area contributed by atoms with Gasteiger partial charge in [-0.05, 0) is 25.2 Å². The van der Waals surface area contributed by atoms with Gasteiger partial charge in [-0.1, -0.05) is 12.8 Å². The molecule has 1 fully saturated rings. The Bertz CT molecular complexity index is 430. The molecule has 1 aliphatic rings. The largest absolute Gasteiger partial charge is 0.433 e. The molecule has 0 amide bonds. The molecule has 0 unspecified atom stereocenters. The van der Waals surface area contributed by atoms with Crippen molar-refractivity contribution in [2.45, 2.75) is 36.6 Å². The van der Waals surface area contributed by atoms with Gasteiger partial charge in [0.15, 0.2) is 0 Å². The van der Waals surface area contributed by atoms with Crippen LogP contribution in [0.15, 0.2) is 12.3 Å². The van der Waals surface area contributed by atoms with E-state index in [4.69, 9.17) is 0 Å². The predicted molar refractivity (Wildman–Crippen MR) is 70.2 cm³/mol. The molecule has 7 heteroatoms. The number of halogens is 3. The van der Waals surface area contributed by atoms with Gasteiger partial charge in [-0.2, -0.15) is 24.9 Å². The lowest BCUT2D eigenvalue weighted by Gasteiger charge is -2.26. The molecule has 106 valence electrons. The molecule has 1 saturated carbocycles. The smallest absolute Gasteiger partial charge is 0.353 e. The summed E-state index contributed by atoms with van der Waals surface area (Å²) in [5.74, 6) is 0.0511. The quantitative estimate of drug-likeness (QED) is 0.920. The number of hydrogen-bond acceptors (Lipinski definition) is 4. The molecule has 3 nitrogen and oxygen atoms in total. The molecule has 0 aromatic carbocycles. The standard InChI is InChI=1S/C12H16F3N3S/c1-19-11(5-2-3-6-11)8-17-10-16-7-4-9(18-10)12(13,14)15/h4,7H,2-3,5-6,8H2,1H3,(H,16,17,18). The zero-order valence-electron chi connectivity index (χ0n) is 10.6. The van der Waals surface area contributed by atoms with Crippen LogP contribution >= 0.6 is 11.8 Å². The molecule has 0 bridgehead atoms. The highest BCUT2D eigenvalue weighted by Gasteiger charge is 2.34. The van der Waals surface area contributed by atoms with Crippen molar-refractivity contribution in [3.05, 3.63) is 18.0 Å². The van der Waals surface area contributed by atoms with E-state index in [1.807, 2.05) is 6.26 Å². The van der Waals surface area contributed by atoms with Crippen molar-refractivity contribution in [2.75, 3.05) is 18.1 Å². The third-order valence-electron chi connectivity index (χ3n) is 3.46. The van der Waals surface area contributed by atoms with Gasteiger partial charge in [0, 0.05) is 17.5 Å². The Hall–Kier alpha value is -0.980. The van der Waals surface area contributed by atoms with Crippen molar-refractivity contribution >= 4 is 17.7 Å². The van der Waals surface area contributed by atoms with Crippen LogP contribution in [0.2, 0.25) is 0 Å². The summed E-state index contributed by atoms with van der Waals surface area (Å²) in [4.78, 5) is 7.36. The molecule has 0 aliphatic heterocycles. The number of nitrogens with one attached hydrogen (secondary N) is 1. The van der Waals surface area contributed by atoms with Crippen molar-refractivity contribution in [1.29, 1.82) is 0 Å². The number of hydrogen-bond donors (Lipinski definition) is 1. The summed E-state index contributed by atoms with van der Waals surface area (Å²) in [5, 5.41) is 2.95. The van der Waals surface area contributed by atoms with Crippen LogP contribution in [0.3, 0.4) is 0 Å². The average molecular weight is 291 g/mol. The van der Waals surface area contributed by atoms with Crippen LogP contribution in [-0.2, 0) is 6.18 Å². The lowest BCUT2D eigenvalue weighted by molar-refractivity contribution is -0.141. The zero-order chi connectivity index (χ0) is 13.9. The van der Waals surface area contributed by atoms with Crippen molar-refractivity contribution in [2.24, 2.45) is 0 Å². The Balaban J connectivity index is 2.03. The highest BCUT2D eigenvalue weighted by atomic mass is 32.2. The van der Waals surface area contributed by atoms with Gasteiger partial charge in [0.25, 0.3) is 0 Å².